The van der Waals surface area contributed by atoms with Crippen molar-refractivity contribution in [2.75, 3.05) is 26.2 Å². The highest BCUT2D eigenvalue weighted by Gasteiger charge is 2.53. The van der Waals surface area contributed by atoms with Gasteiger partial charge in [0.1, 0.15) is 12.0 Å². The number of esters is 1. The second kappa shape index (κ2) is 7.14. The molecule has 0 aromatic heterocycles. The van der Waals surface area contributed by atoms with Gasteiger partial charge in [0.2, 0.25) is 0 Å². The zero-order valence-corrected chi connectivity index (χ0v) is 15.0. The van der Waals surface area contributed by atoms with Crippen LogP contribution in [0.5, 0.6) is 0 Å². The van der Waals surface area contributed by atoms with Gasteiger partial charge in [0, 0.05) is 5.56 Å². The molecule has 0 N–H and O–H groups in total. The van der Waals surface area contributed by atoms with E-state index in [0.717, 1.165) is 43.3 Å². The van der Waals surface area contributed by atoms with Crippen molar-refractivity contribution in [1.82, 2.24) is 0 Å². The topological polar surface area (TPSA) is 26.3 Å². The Morgan fingerprint density at radius 2 is 1.82 bits per heavy atom. The first-order valence-electron chi connectivity index (χ1n) is 8.24. The maximum absolute atomic E-state index is 12.5. The fourth-order valence-electron chi connectivity index (χ4n) is 4.44. The molecule has 0 saturated carbocycles. The second-order valence-corrected chi connectivity index (χ2v) is 6.80. The summed E-state index contributed by atoms with van der Waals surface area (Å²) in [5.41, 5.74) is 1.18. The van der Waals surface area contributed by atoms with Crippen LogP contribution in [-0.2, 0) is 16.1 Å². The molecule has 4 heteroatoms. The largest absolute Gasteiger partial charge is 1.00 e. The first-order chi connectivity index (χ1) is 10.2. The van der Waals surface area contributed by atoms with E-state index in [0.29, 0.717) is 6.61 Å². The quantitative estimate of drug-likeness (QED) is 0.559. The minimum atomic E-state index is -0.207. The van der Waals surface area contributed by atoms with Crippen molar-refractivity contribution < 1.29 is 31.0 Å². The Balaban J connectivity index is 0.00000176. The number of carbonyl (C=O) groups is 1. The molecular formula is C18H26BrNO2. The Kier molecular flexibility index (Phi) is 5.67. The van der Waals surface area contributed by atoms with Crippen LogP contribution in [0.2, 0.25) is 0 Å². The first kappa shape index (κ1) is 17.5. The van der Waals surface area contributed by atoms with Crippen LogP contribution in [0.3, 0.4) is 0 Å². The lowest BCUT2D eigenvalue weighted by atomic mass is 9.72. The van der Waals surface area contributed by atoms with Gasteiger partial charge in [0.25, 0.3) is 0 Å². The normalized spacial score (nSPS) is 30.2. The van der Waals surface area contributed by atoms with Crippen LogP contribution in [0.1, 0.15) is 38.2 Å². The molecule has 122 valence electrons. The minimum Gasteiger partial charge on any atom is -1.00 e. The third kappa shape index (κ3) is 3.38. The molecule has 0 amide bonds. The molecule has 2 aliphatic heterocycles. The van der Waals surface area contributed by atoms with Crippen LogP contribution < -0.4 is 17.0 Å². The van der Waals surface area contributed by atoms with E-state index >= 15 is 0 Å². The summed E-state index contributed by atoms with van der Waals surface area (Å²) in [5.74, 6) is 0.0555. The van der Waals surface area contributed by atoms with Crippen LogP contribution in [0.4, 0.5) is 0 Å². The average Bonchev–Trinajstić information content (AvgIpc) is 2.48. The van der Waals surface area contributed by atoms with Crippen molar-refractivity contribution in [3.05, 3.63) is 35.9 Å². The van der Waals surface area contributed by atoms with E-state index in [1.807, 2.05) is 6.92 Å². The summed E-state index contributed by atoms with van der Waals surface area (Å²) < 4.78 is 6.48. The molecule has 2 bridgehead atoms. The average molecular weight is 368 g/mol. The number of benzene rings is 1. The molecule has 1 aromatic rings. The monoisotopic (exact) mass is 367 g/mol. The van der Waals surface area contributed by atoms with E-state index < -0.39 is 0 Å². The summed E-state index contributed by atoms with van der Waals surface area (Å²) in [6.07, 6.45) is 4.32. The van der Waals surface area contributed by atoms with E-state index in [1.165, 1.54) is 18.7 Å². The molecule has 0 spiro atoms. The third-order valence-corrected chi connectivity index (χ3v) is 5.28. The zero-order chi connectivity index (χ0) is 14.8. The van der Waals surface area contributed by atoms with Crippen molar-refractivity contribution in [2.45, 2.75) is 39.2 Å². The fraction of sp³-hybridized carbons (Fsp3) is 0.611. The number of carbonyl (C=O) groups excluding carboxylic acids is 1. The lowest BCUT2D eigenvalue weighted by Crippen LogP contribution is -3.00. The van der Waals surface area contributed by atoms with Gasteiger partial charge in [0.15, 0.2) is 0 Å². The van der Waals surface area contributed by atoms with Gasteiger partial charge in [-0.2, -0.15) is 0 Å². The Bertz CT molecular complexity index is 493. The number of fused-ring (bicyclic) bond motifs is 2. The molecule has 2 saturated heterocycles. The molecule has 1 aromatic carbocycles. The molecule has 22 heavy (non-hydrogen) atoms. The summed E-state index contributed by atoms with van der Waals surface area (Å²) in [6, 6.07) is 10.7. The molecule has 3 nitrogen and oxygen atoms in total. The SMILES string of the molecule is CCOC(=O)C12CCC[N+](Cc3ccccc3)(CCC1)C2.[Br-]. The van der Waals surface area contributed by atoms with Crippen molar-refractivity contribution in [1.29, 1.82) is 0 Å². The molecule has 2 heterocycles. The number of nitrogens with zero attached hydrogens (tertiary/aromatic N) is 1. The molecule has 2 fully saturated rings. The third-order valence-electron chi connectivity index (χ3n) is 5.28. The van der Waals surface area contributed by atoms with Gasteiger partial charge in [-0.1, -0.05) is 30.3 Å². The van der Waals surface area contributed by atoms with Gasteiger partial charge in [-0.25, -0.2) is 0 Å². The molecule has 0 radical (unpaired) electrons. The number of hydrogen-bond acceptors (Lipinski definition) is 2. The minimum absolute atomic E-state index is 0. The van der Waals surface area contributed by atoms with E-state index in [9.17, 15) is 4.79 Å². The molecule has 3 rings (SSSR count). The van der Waals surface area contributed by atoms with Crippen molar-refractivity contribution in [2.24, 2.45) is 5.41 Å². The lowest BCUT2D eigenvalue weighted by Gasteiger charge is -2.52. The summed E-state index contributed by atoms with van der Waals surface area (Å²) >= 11 is 0. The number of rotatable bonds is 4. The van der Waals surface area contributed by atoms with Crippen molar-refractivity contribution in [3.63, 3.8) is 0 Å². The summed E-state index contributed by atoms with van der Waals surface area (Å²) in [4.78, 5) is 12.5. The van der Waals surface area contributed by atoms with Crippen LogP contribution in [-0.4, -0.2) is 36.7 Å². The van der Waals surface area contributed by atoms with Gasteiger partial charge < -0.3 is 26.2 Å². The Morgan fingerprint density at radius 3 is 2.41 bits per heavy atom. The molecule has 2 aliphatic rings. The number of piperidine rings is 2. The standard InChI is InChI=1S/C18H26NO2.BrH/c1-2-21-17(20)18-10-6-12-19(15-18,13-7-11-18)14-16-8-4-3-5-9-16;/h3-5,8-9H,2,6-7,10-15H2,1H3;1H/q+1;/p-1. The summed E-state index contributed by atoms with van der Waals surface area (Å²) in [7, 11) is 0. The first-order valence-corrected chi connectivity index (χ1v) is 8.24. The van der Waals surface area contributed by atoms with Gasteiger partial charge in [0.05, 0.1) is 26.2 Å². The summed E-state index contributed by atoms with van der Waals surface area (Å²) in [6.45, 7) is 6.85. The number of quaternary nitrogens is 1. The number of halogens is 1. The van der Waals surface area contributed by atoms with Crippen LogP contribution in [0.15, 0.2) is 30.3 Å². The second-order valence-electron chi connectivity index (χ2n) is 6.80. The highest BCUT2D eigenvalue weighted by molar-refractivity contribution is 5.77. The maximum atomic E-state index is 12.5. The number of ether oxygens (including phenoxy) is 1. The van der Waals surface area contributed by atoms with Crippen LogP contribution in [0.25, 0.3) is 0 Å². The van der Waals surface area contributed by atoms with Crippen LogP contribution >= 0.6 is 0 Å². The van der Waals surface area contributed by atoms with E-state index in [4.69, 9.17) is 4.74 Å². The summed E-state index contributed by atoms with van der Waals surface area (Å²) in [5, 5.41) is 0. The smallest absolute Gasteiger partial charge is 0.317 e. The number of hydrogen-bond donors (Lipinski definition) is 0. The van der Waals surface area contributed by atoms with E-state index in [-0.39, 0.29) is 28.4 Å². The van der Waals surface area contributed by atoms with E-state index in [1.54, 1.807) is 0 Å². The van der Waals surface area contributed by atoms with Gasteiger partial charge >= 0.3 is 5.97 Å². The van der Waals surface area contributed by atoms with Crippen molar-refractivity contribution in [3.8, 4) is 0 Å². The van der Waals surface area contributed by atoms with Gasteiger partial charge in [-0.05, 0) is 32.6 Å². The van der Waals surface area contributed by atoms with Gasteiger partial charge in [-0.3, -0.25) is 4.79 Å². The highest BCUT2D eigenvalue weighted by Crippen LogP contribution is 2.44. The predicted octanol–water partition coefficient (Wildman–Crippen LogP) is 0.145. The van der Waals surface area contributed by atoms with E-state index in [2.05, 4.69) is 30.3 Å². The lowest BCUT2D eigenvalue weighted by molar-refractivity contribution is -0.956. The Hall–Kier alpha value is -0.870. The molecular weight excluding hydrogens is 342 g/mol. The molecule has 0 atom stereocenters. The van der Waals surface area contributed by atoms with Gasteiger partial charge in [-0.15, -0.1) is 0 Å². The predicted molar refractivity (Wildman–Crippen MR) is 82.5 cm³/mol. The molecule has 0 unspecified atom stereocenters. The zero-order valence-electron chi connectivity index (χ0n) is 13.4. The molecule has 0 aliphatic carbocycles. The highest BCUT2D eigenvalue weighted by atomic mass is 79.9. The Morgan fingerprint density at radius 1 is 1.18 bits per heavy atom. The van der Waals surface area contributed by atoms with Crippen molar-refractivity contribution >= 4 is 5.97 Å². The fourth-order valence-corrected chi connectivity index (χ4v) is 4.44. The maximum Gasteiger partial charge on any atom is 0.317 e. The Labute approximate surface area is 144 Å². The van der Waals surface area contributed by atoms with Crippen LogP contribution in [0, 0.1) is 5.41 Å².